The van der Waals surface area contributed by atoms with Crippen molar-refractivity contribution in [3.63, 3.8) is 0 Å². The molecule has 1 amide bonds. The van der Waals surface area contributed by atoms with Gasteiger partial charge < -0.3 is 19.4 Å². The van der Waals surface area contributed by atoms with Crippen LogP contribution in [0.15, 0.2) is 41.1 Å². The number of carbonyl (C=O) groups excluding carboxylic acids is 1. The number of benzene rings is 1. The topological polar surface area (TPSA) is 67.6 Å². The molecule has 1 N–H and O–H groups in total. The molecule has 2 aromatic rings. The van der Waals surface area contributed by atoms with Gasteiger partial charge in [0.2, 0.25) is 0 Å². The molecule has 120 valence electrons. The van der Waals surface area contributed by atoms with Crippen molar-refractivity contribution in [1.29, 1.82) is 0 Å². The second kappa shape index (κ2) is 6.04. The predicted octanol–water partition coefficient (Wildman–Crippen LogP) is 2.29. The molecule has 3 unspecified atom stereocenters. The highest BCUT2D eigenvalue weighted by molar-refractivity contribution is 5.94. The van der Waals surface area contributed by atoms with Crippen LogP contribution >= 0.6 is 0 Å². The number of amides is 1. The van der Waals surface area contributed by atoms with Gasteiger partial charge in [0.05, 0.1) is 6.20 Å². The monoisotopic (exact) mass is 313 g/mol. The number of piperidine rings is 1. The average Bonchev–Trinajstić information content (AvgIpc) is 3.18. The maximum atomic E-state index is 12.4. The van der Waals surface area contributed by atoms with E-state index >= 15 is 0 Å². The molecule has 2 aliphatic rings. The van der Waals surface area contributed by atoms with Crippen LogP contribution in [0.3, 0.4) is 0 Å². The average molecular weight is 313 g/mol. The van der Waals surface area contributed by atoms with E-state index in [2.05, 4.69) is 15.2 Å². The van der Waals surface area contributed by atoms with Crippen LogP contribution in [-0.4, -0.2) is 41.5 Å². The summed E-state index contributed by atoms with van der Waals surface area (Å²) in [6, 6.07) is 7.25. The van der Waals surface area contributed by atoms with Crippen molar-refractivity contribution in [3.8, 4) is 11.8 Å². The molecular formula is C17H19N3O3. The number of rotatable bonds is 4. The van der Waals surface area contributed by atoms with Crippen LogP contribution < -0.4 is 10.1 Å². The highest BCUT2D eigenvalue weighted by Crippen LogP contribution is 2.27. The Balaban J connectivity index is 1.36. The molecule has 0 saturated carbocycles. The van der Waals surface area contributed by atoms with Crippen LogP contribution in [0.2, 0.25) is 0 Å². The molecule has 6 nitrogen and oxygen atoms in total. The zero-order chi connectivity index (χ0) is 15.6. The minimum atomic E-state index is -0.0276. The summed E-state index contributed by atoms with van der Waals surface area (Å²) >= 11 is 0. The SMILES string of the molecule is O=C(NC1CC2CCN(C2)C1)c1ccc(Oc2ncco2)cc1. The lowest BCUT2D eigenvalue weighted by atomic mass is 9.96. The molecule has 0 radical (unpaired) electrons. The van der Waals surface area contributed by atoms with E-state index in [-0.39, 0.29) is 18.0 Å². The summed E-state index contributed by atoms with van der Waals surface area (Å²) in [5, 5.41) is 3.15. The second-order valence-electron chi connectivity index (χ2n) is 6.24. The third-order valence-electron chi connectivity index (χ3n) is 4.53. The van der Waals surface area contributed by atoms with E-state index in [1.807, 2.05) is 0 Å². The Bertz CT molecular complexity index is 657. The zero-order valence-corrected chi connectivity index (χ0v) is 12.8. The Hall–Kier alpha value is -2.34. The number of oxazole rings is 1. The number of nitrogens with one attached hydrogen (secondary N) is 1. The standard InChI is InChI=1S/C17H19N3O3/c21-16(19-14-9-12-5-7-20(10-12)11-14)13-1-3-15(4-2-13)23-17-18-6-8-22-17/h1-4,6,8,12,14H,5,7,9-11H2,(H,19,21). The fourth-order valence-electron chi connectivity index (χ4n) is 3.47. The molecule has 2 fully saturated rings. The van der Waals surface area contributed by atoms with Crippen LogP contribution in [0, 0.1) is 5.92 Å². The van der Waals surface area contributed by atoms with Gasteiger partial charge in [0.25, 0.3) is 5.91 Å². The zero-order valence-electron chi connectivity index (χ0n) is 12.8. The predicted molar refractivity (Wildman–Crippen MR) is 83.4 cm³/mol. The van der Waals surface area contributed by atoms with Gasteiger partial charge in [0.1, 0.15) is 12.0 Å². The van der Waals surface area contributed by atoms with E-state index in [9.17, 15) is 4.79 Å². The molecule has 4 rings (SSSR count). The Labute approximate surface area is 134 Å². The van der Waals surface area contributed by atoms with E-state index in [0.29, 0.717) is 11.3 Å². The number of hydrogen-bond donors (Lipinski definition) is 1. The molecule has 2 bridgehead atoms. The minimum absolute atomic E-state index is 0.0276. The molecule has 2 saturated heterocycles. The Kier molecular flexibility index (Phi) is 3.75. The lowest BCUT2D eigenvalue weighted by Gasteiger charge is -2.30. The van der Waals surface area contributed by atoms with Gasteiger partial charge in [-0.2, -0.15) is 4.98 Å². The van der Waals surface area contributed by atoms with Crippen molar-refractivity contribution in [1.82, 2.24) is 15.2 Å². The molecule has 2 aliphatic heterocycles. The van der Waals surface area contributed by atoms with Crippen molar-refractivity contribution < 1.29 is 13.9 Å². The van der Waals surface area contributed by atoms with Gasteiger partial charge in [-0.05, 0) is 49.6 Å². The van der Waals surface area contributed by atoms with Gasteiger partial charge in [0.15, 0.2) is 0 Å². The normalized spacial score (nSPS) is 26.0. The summed E-state index contributed by atoms with van der Waals surface area (Å²) in [6.07, 6.45) is 5.51. The van der Waals surface area contributed by atoms with E-state index < -0.39 is 0 Å². The number of nitrogens with zero attached hydrogens (tertiary/aromatic N) is 2. The fraction of sp³-hybridized carbons (Fsp3) is 0.412. The lowest BCUT2D eigenvalue weighted by Crippen LogP contribution is -2.46. The van der Waals surface area contributed by atoms with E-state index in [1.54, 1.807) is 24.3 Å². The van der Waals surface area contributed by atoms with Gasteiger partial charge in [-0.3, -0.25) is 4.79 Å². The number of carbonyl (C=O) groups is 1. The van der Waals surface area contributed by atoms with Crippen LogP contribution in [-0.2, 0) is 0 Å². The molecule has 0 aliphatic carbocycles. The maximum absolute atomic E-state index is 12.4. The van der Waals surface area contributed by atoms with Gasteiger partial charge >= 0.3 is 6.08 Å². The largest absolute Gasteiger partial charge is 0.417 e. The third kappa shape index (κ3) is 3.22. The van der Waals surface area contributed by atoms with Crippen molar-refractivity contribution >= 4 is 5.91 Å². The van der Waals surface area contributed by atoms with Gasteiger partial charge in [-0.25, -0.2) is 0 Å². The van der Waals surface area contributed by atoms with Gasteiger partial charge in [-0.1, -0.05) is 0 Å². The molecule has 3 atom stereocenters. The van der Waals surface area contributed by atoms with Gasteiger partial charge in [0, 0.05) is 24.7 Å². The fourth-order valence-corrected chi connectivity index (χ4v) is 3.47. The van der Waals surface area contributed by atoms with Gasteiger partial charge in [-0.15, -0.1) is 0 Å². The first-order chi connectivity index (χ1) is 11.3. The summed E-state index contributed by atoms with van der Waals surface area (Å²) in [5.74, 6) is 1.30. The van der Waals surface area contributed by atoms with E-state index in [1.165, 1.54) is 32.0 Å². The number of fused-ring (bicyclic) bond motifs is 2. The summed E-state index contributed by atoms with van der Waals surface area (Å²) in [5.41, 5.74) is 0.637. The molecule has 23 heavy (non-hydrogen) atoms. The third-order valence-corrected chi connectivity index (χ3v) is 4.53. The molecule has 6 heteroatoms. The lowest BCUT2D eigenvalue weighted by molar-refractivity contribution is 0.0909. The van der Waals surface area contributed by atoms with Crippen molar-refractivity contribution in [2.24, 2.45) is 5.92 Å². The first-order valence-corrected chi connectivity index (χ1v) is 7.97. The first-order valence-electron chi connectivity index (χ1n) is 7.97. The van der Waals surface area contributed by atoms with Crippen LogP contribution in [0.1, 0.15) is 23.2 Å². The summed E-state index contributed by atoms with van der Waals surface area (Å²) < 4.78 is 10.4. The summed E-state index contributed by atoms with van der Waals surface area (Å²) in [7, 11) is 0. The van der Waals surface area contributed by atoms with Crippen molar-refractivity contribution in [3.05, 3.63) is 42.3 Å². The van der Waals surface area contributed by atoms with E-state index in [4.69, 9.17) is 9.15 Å². The summed E-state index contributed by atoms with van der Waals surface area (Å²) in [6.45, 7) is 3.33. The molecule has 0 spiro atoms. The first kappa shape index (κ1) is 14.3. The number of hydrogen-bond acceptors (Lipinski definition) is 5. The van der Waals surface area contributed by atoms with E-state index in [0.717, 1.165) is 18.9 Å². The number of aromatic nitrogens is 1. The minimum Gasteiger partial charge on any atom is -0.417 e. The smallest absolute Gasteiger partial charge is 0.399 e. The number of ether oxygens (including phenoxy) is 1. The maximum Gasteiger partial charge on any atom is 0.399 e. The Morgan fingerprint density at radius 3 is 2.91 bits per heavy atom. The van der Waals surface area contributed by atoms with Crippen LogP contribution in [0.5, 0.6) is 11.8 Å². The molecule has 1 aromatic heterocycles. The van der Waals surface area contributed by atoms with Crippen molar-refractivity contribution in [2.75, 3.05) is 19.6 Å². The van der Waals surface area contributed by atoms with Crippen LogP contribution in [0.25, 0.3) is 0 Å². The quantitative estimate of drug-likeness (QED) is 0.938. The highest BCUT2D eigenvalue weighted by atomic mass is 16.6. The highest BCUT2D eigenvalue weighted by Gasteiger charge is 2.32. The molecule has 1 aromatic carbocycles. The second-order valence-corrected chi connectivity index (χ2v) is 6.24. The van der Waals surface area contributed by atoms with Crippen LogP contribution in [0.4, 0.5) is 0 Å². The Morgan fingerprint density at radius 1 is 1.30 bits per heavy atom. The van der Waals surface area contributed by atoms with Crippen molar-refractivity contribution in [2.45, 2.75) is 18.9 Å². The summed E-state index contributed by atoms with van der Waals surface area (Å²) in [4.78, 5) is 18.7. The molecular weight excluding hydrogens is 294 g/mol. The Morgan fingerprint density at radius 2 is 2.17 bits per heavy atom. The molecule has 3 heterocycles.